The molecular weight excluding hydrogens is 382 g/mol. The molecule has 4 rings (SSSR count). The van der Waals surface area contributed by atoms with Gasteiger partial charge in [0.05, 0.1) is 4.88 Å². The van der Waals surface area contributed by atoms with Crippen LogP contribution in [0.15, 0.2) is 51.6 Å². The van der Waals surface area contributed by atoms with Gasteiger partial charge in [-0.2, -0.15) is 0 Å². The zero-order valence-electron chi connectivity index (χ0n) is 14.6. The molecule has 0 saturated heterocycles. The van der Waals surface area contributed by atoms with Crippen molar-refractivity contribution in [2.75, 3.05) is 0 Å². The van der Waals surface area contributed by atoms with Crippen molar-refractivity contribution in [1.29, 1.82) is 0 Å². The summed E-state index contributed by atoms with van der Waals surface area (Å²) in [6.45, 7) is 3.70. The van der Waals surface area contributed by atoms with Crippen LogP contribution < -0.4 is 0 Å². The summed E-state index contributed by atoms with van der Waals surface area (Å²) in [5.74, 6) is 0.116. The summed E-state index contributed by atoms with van der Waals surface area (Å²) >= 11 is 2.98. The molecule has 0 radical (unpaired) electrons. The number of ether oxygens (including phenoxy) is 1. The highest BCUT2D eigenvalue weighted by Gasteiger charge is 2.22. The highest BCUT2D eigenvalue weighted by atomic mass is 32.1. The van der Waals surface area contributed by atoms with Crippen LogP contribution in [0.25, 0.3) is 21.3 Å². The lowest BCUT2D eigenvalue weighted by molar-refractivity contribution is 0.0274. The average molecular weight is 397 g/mol. The Morgan fingerprint density at radius 3 is 2.70 bits per heavy atom. The van der Waals surface area contributed by atoms with Gasteiger partial charge in [0.2, 0.25) is 5.89 Å². The van der Waals surface area contributed by atoms with Crippen molar-refractivity contribution in [2.45, 2.75) is 20.0 Å². The Bertz CT molecular complexity index is 1050. The second-order valence-electron chi connectivity index (χ2n) is 5.87. The second kappa shape index (κ2) is 7.42. The first-order valence-corrected chi connectivity index (χ1v) is 9.97. The van der Waals surface area contributed by atoms with Crippen LogP contribution in [0.1, 0.15) is 35.0 Å². The molecule has 0 N–H and O–H groups in total. The van der Waals surface area contributed by atoms with E-state index in [4.69, 9.17) is 9.15 Å². The van der Waals surface area contributed by atoms with Crippen LogP contribution >= 0.6 is 22.7 Å². The van der Waals surface area contributed by atoms with Gasteiger partial charge >= 0.3 is 5.97 Å². The molecule has 0 bridgehead atoms. The molecule has 4 aromatic rings. The number of thiazole rings is 1. The van der Waals surface area contributed by atoms with E-state index in [0.717, 1.165) is 21.0 Å². The average Bonchev–Trinajstić information content (AvgIpc) is 3.42. The fourth-order valence-corrected chi connectivity index (χ4v) is 3.97. The highest BCUT2D eigenvalue weighted by molar-refractivity contribution is 7.20. The molecule has 1 atom stereocenters. The summed E-state index contributed by atoms with van der Waals surface area (Å²) in [7, 11) is 0. The molecule has 3 aromatic heterocycles. The molecule has 0 unspecified atom stereocenters. The lowest BCUT2D eigenvalue weighted by Gasteiger charge is -2.07. The maximum atomic E-state index is 12.4. The first kappa shape index (κ1) is 17.6. The van der Waals surface area contributed by atoms with Gasteiger partial charge in [0.15, 0.2) is 11.8 Å². The molecular formula is C19H15N3O3S2. The maximum absolute atomic E-state index is 12.4. The molecule has 0 aliphatic rings. The SMILES string of the molecule is Cc1ccc(-c2nnc([C@H](C)OC(=O)c3csc(-c4cccs4)n3)o2)cc1. The number of esters is 1. The van der Waals surface area contributed by atoms with Crippen LogP contribution in [0.4, 0.5) is 0 Å². The Labute approximate surface area is 163 Å². The van der Waals surface area contributed by atoms with Crippen LogP contribution in [0.2, 0.25) is 0 Å². The van der Waals surface area contributed by atoms with Gasteiger partial charge in [-0.3, -0.25) is 0 Å². The minimum Gasteiger partial charge on any atom is -0.448 e. The zero-order chi connectivity index (χ0) is 18.8. The molecule has 0 aliphatic carbocycles. The van der Waals surface area contributed by atoms with Gasteiger partial charge in [0, 0.05) is 10.9 Å². The first-order chi connectivity index (χ1) is 13.1. The van der Waals surface area contributed by atoms with Crippen LogP contribution in [0.5, 0.6) is 0 Å². The molecule has 6 nitrogen and oxygen atoms in total. The Morgan fingerprint density at radius 1 is 1.15 bits per heavy atom. The van der Waals surface area contributed by atoms with Crippen molar-refractivity contribution in [2.24, 2.45) is 0 Å². The molecule has 0 saturated carbocycles. The summed E-state index contributed by atoms with van der Waals surface area (Å²) in [6, 6.07) is 11.7. The third-order valence-electron chi connectivity index (χ3n) is 3.82. The van der Waals surface area contributed by atoms with E-state index in [9.17, 15) is 4.79 Å². The van der Waals surface area contributed by atoms with Crippen molar-refractivity contribution in [3.8, 4) is 21.3 Å². The standard InChI is InChI=1S/C19H15N3O3S2/c1-11-5-7-13(8-6-11)17-22-21-16(25-17)12(2)24-19(23)14-10-27-18(20-14)15-4-3-9-26-15/h3-10,12H,1-2H3/t12-/m0/s1. The molecule has 0 amide bonds. The molecule has 136 valence electrons. The molecule has 0 fully saturated rings. The van der Waals surface area contributed by atoms with Gasteiger partial charge in [-0.05, 0) is 37.4 Å². The fourth-order valence-electron chi connectivity index (χ4n) is 2.36. The Morgan fingerprint density at radius 2 is 1.96 bits per heavy atom. The Balaban J connectivity index is 1.45. The van der Waals surface area contributed by atoms with Gasteiger partial charge in [0.25, 0.3) is 5.89 Å². The number of thiophene rings is 1. The Hall–Kier alpha value is -2.84. The van der Waals surface area contributed by atoms with Crippen LogP contribution in [0, 0.1) is 6.92 Å². The number of nitrogens with zero attached hydrogens (tertiary/aromatic N) is 3. The largest absolute Gasteiger partial charge is 0.448 e. The minimum atomic E-state index is -0.670. The molecule has 8 heteroatoms. The van der Waals surface area contributed by atoms with Crippen LogP contribution in [0.3, 0.4) is 0 Å². The number of aryl methyl sites for hydroxylation is 1. The van der Waals surface area contributed by atoms with Crippen molar-refractivity contribution in [3.63, 3.8) is 0 Å². The number of hydrogen-bond donors (Lipinski definition) is 0. The zero-order valence-corrected chi connectivity index (χ0v) is 16.2. The van der Waals surface area contributed by atoms with Crippen LogP contribution in [-0.4, -0.2) is 21.2 Å². The number of carbonyl (C=O) groups excluding carboxylic acids is 1. The van der Waals surface area contributed by atoms with Gasteiger partial charge in [-0.25, -0.2) is 9.78 Å². The summed E-state index contributed by atoms with van der Waals surface area (Å²) in [4.78, 5) is 17.7. The minimum absolute atomic E-state index is 0.243. The Kier molecular flexibility index (Phi) is 4.83. The van der Waals surface area contributed by atoms with Gasteiger partial charge < -0.3 is 9.15 Å². The quantitative estimate of drug-likeness (QED) is 0.434. The van der Waals surface area contributed by atoms with Gasteiger partial charge in [-0.1, -0.05) is 23.8 Å². The van der Waals surface area contributed by atoms with Crippen LogP contribution in [-0.2, 0) is 4.74 Å². The summed E-state index contributed by atoms with van der Waals surface area (Å²) in [5, 5.41) is 12.5. The summed E-state index contributed by atoms with van der Waals surface area (Å²) in [6.07, 6.45) is -0.670. The van der Waals surface area contributed by atoms with Crippen molar-refractivity contribution in [3.05, 3.63) is 64.3 Å². The molecule has 1 aromatic carbocycles. The third kappa shape index (κ3) is 3.81. The van der Waals surface area contributed by atoms with E-state index in [-0.39, 0.29) is 11.6 Å². The maximum Gasteiger partial charge on any atom is 0.358 e. The van der Waals surface area contributed by atoms with Crippen molar-refractivity contribution < 1.29 is 13.9 Å². The third-order valence-corrected chi connectivity index (χ3v) is 5.70. The topological polar surface area (TPSA) is 78.1 Å². The number of carbonyl (C=O) groups is 1. The predicted octanol–water partition coefficient (Wildman–Crippen LogP) is 5.15. The van der Waals surface area contributed by atoms with E-state index in [1.54, 1.807) is 23.6 Å². The van der Waals surface area contributed by atoms with Gasteiger partial charge in [-0.15, -0.1) is 32.9 Å². The number of aromatic nitrogens is 3. The van der Waals surface area contributed by atoms with E-state index in [1.807, 2.05) is 48.7 Å². The van der Waals surface area contributed by atoms with Crippen molar-refractivity contribution >= 4 is 28.6 Å². The van der Waals surface area contributed by atoms with E-state index in [1.165, 1.54) is 11.3 Å². The predicted molar refractivity (Wildman–Crippen MR) is 104 cm³/mol. The number of rotatable bonds is 5. The molecule has 0 spiro atoms. The fraction of sp³-hybridized carbons (Fsp3) is 0.158. The summed E-state index contributed by atoms with van der Waals surface area (Å²) < 4.78 is 11.1. The highest BCUT2D eigenvalue weighted by Crippen LogP contribution is 2.29. The van der Waals surface area contributed by atoms with E-state index < -0.39 is 12.1 Å². The van der Waals surface area contributed by atoms with E-state index in [2.05, 4.69) is 15.2 Å². The molecule has 27 heavy (non-hydrogen) atoms. The molecule has 0 aliphatic heterocycles. The van der Waals surface area contributed by atoms with Crippen molar-refractivity contribution in [1.82, 2.24) is 15.2 Å². The lowest BCUT2D eigenvalue weighted by atomic mass is 10.1. The monoisotopic (exact) mass is 397 g/mol. The van der Waals surface area contributed by atoms with E-state index in [0.29, 0.717) is 5.89 Å². The number of benzene rings is 1. The smallest absolute Gasteiger partial charge is 0.358 e. The summed E-state index contributed by atoms with van der Waals surface area (Å²) in [5.41, 5.74) is 2.23. The normalized spacial score (nSPS) is 12.1. The number of hydrogen-bond acceptors (Lipinski definition) is 8. The first-order valence-electron chi connectivity index (χ1n) is 8.21. The lowest BCUT2D eigenvalue weighted by Crippen LogP contribution is -2.10. The molecule has 3 heterocycles. The second-order valence-corrected chi connectivity index (χ2v) is 7.68. The van der Waals surface area contributed by atoms with Gasteiger partial charge in [0.1, 0.15) is 5.01 Å². The van der Waals surface area contributed by atoms with E-state index >= 15 is 0 Å².